The molecule has 1 aliphatic rings. The molecule has 6 rings (SSSR count). The molecule has 5 heteroatoms. The van der Waals surface area contributed by atoms with E-state index in [1.807, 2.05) is 18.2 Å². The second-order valence-electron chi connectivity index (χ2n) is 10.1. The quantitative estimate of drug-likeness (QED) is 0.270. The molecule has 1 saturated heterocycles. The number of fused-ring (bicyclic) bond motifs is 2. The fourth-order valence-electron chi connectivity index (χ4n) is 5.53. The van der Waals surface area contributed by atoms with Crippen LogP contribution in [0.15, 0.2) is 91.0 Å². The van der Waals surface area contributed by atoms with Gasteiger partial charge in [-0.15, -0.1) is 0 Å². The van der Waals surface area contributed by atoms with Crippen molar-refractivity contribution < 1.29 is 4.39 Å². The lowest BCUT2D eigenvalue weighted by molar-refractivity contribution is 0.261. The van der Waals surface area contributed by atoms with E-state index in [1.54, 1.807) is 0 Å². The third-order valence-electron chi connectivity index (χ3n) is 7.51. The van der Waals surface area contributed by atoms with E-state index in [-0.39, 0.29) is 5.82 Å². The Morgan fingerprint density at radius 2 is 1.41 bits per heavy atom. The molecule has 1 aliphatic heterocycles. The lowest BCUT2D eigenvalue weighted by Gasteiger charge is -2.31. The van der Waals surface area contributed by atoms with Gasteiger partial charge in [0.2, 0.25) is 5.95 Å². The monoisotopic (exact) mass is 492 g/mol. The number of anilines is 1. The third kappa shape index (κ3) is 5.37. The summed E-state index contributed by atoms with van der Waals surface area (Å²) in [5.41, 5.74) is 4.63. The highest BCUT2D eigenvalue weighted by atomic mass is 19.1. The van der Waals surface area contributed by atoms with E-state index in [0.29, 0.717) is 6.54 Å². The fourth-order valence-corrected chi connectivity index (χ4v) is 5.53. The average molecular weight is 493 g/mol. The molecular weight excluding hydrogens is 459 g/mol. The van der Waals surface area contributed by atoms with Crippen molar-refractivity contribution in [2.75, 3.05) is 37.6 Å². The maximum Gasteiger partial charge on any atom is 0.206 e. The molecule has 37 heavy (non-hydrogen) atoms. The highest BCUT2D eigenvalue weighted by Gasteiger charge is 2.20. The Hall–Kier alpha value is -3.70. The van der Waals surface area contributed by atoms with Crippen molar-refractivity contribution in [3.8, 4) is 0 Å². The van der Waals surface area contributed by atoms with Crippen LogP contribution >= 0.6 is 0 Å². The predicted octanol–water partition coefficient (Wildman–Crippen LogP) is 6.52. The number of aromatic nitrogens is 2. The van der Waals surface area contributed by atoms with Crippen LogP contribution in [0.5, 0.6) is 0 Å². The van der Waals surface area contributed by atoms with Gasteiger partial charge in [0, 0.05) is 19.6 Å². The van der Waals surface area contributed by atoms with Crippen LogP contribution < -0.4 is 4.90 Å². The normalized spacial score (nSPS) is 15.2. The first-order valence-corrected chi connectivity index (χ1v) is 13.4. The first-order valence-electron chi connectivity index (χ1n) is 13.4. The molecule has 0 N–H and O–H groups in total. The molecule has 1 aromatic heterocycles. The summed E-state index contributed by atoms with van der Waals surface area (Å²) in [5.74, 6) is 0.823. The first-order chi connectivity index (χ1) is 18.2. The molecule has 0 atom stereocenters. The second-order valence-corrected chi connectivity index (χ2v) is 10.1. The van der Waals surface area contributed by atoms with Gasteiger partial charge in [-0.2, -0.15) is 0 Å². The molecule has 0 aliphatic carbocycles. The third-order valence-corrected chi connectivity index (χ3v) is 7.51. The highest BCUT2D eigenvalue weighted by molar-refractivity contribution is 5.83. The molecule has 4 aromatic carbocycles. The van der Waals surface area contributed by atoms with Gasteiger partial charge in [-0.3, -0.25) is 0 Å². The van der Waals surface area contributed by atoms with E-state index >= 15 is 0 Å². The van der Waals surface area contributed by atoms with E-state index in [4.69, 9.17) is 4.98 Å². The first kappa shape index (κ1) is 23.7. The number of nitrogens with zero attached hydrogens (tertiary/aromatic N) is 4. The van der Waals surface area contributed by atoms with Crippen molar-refractivity contribution in [2.45, 2.75) is 25.8 Å². The minimum Gasteiger partial charge on any atom is -0.342 e. The van der Waals surface area contributed by atoms with Crippen LogP contribution in [0.2, 0.25) is 0 Å². The van der Waals surface area contributed by atoms with Gasteiger partial charge in [-0.25, -0.2) is 9.37 Å². The molecule has 0 saturated carbocycles. The number of halogens is 1. The Balaban J connectivity index is 1.13. The van der Waals surface area contributed by atoms with Crippen LogP contribution in [-0.2, 0) is 13.0 Å². The van der Waals surface area contributed by atoms with Crippen molar-refractivity contribution >= 4 is 27.8 Å². The lowest BCUT2D eigenvalue weighted by atomic mass is 10.0. The van der Waals surface area contributed by atoms with E-state index in [2.05, 4.69) is 75.0 Å². The van der Waals surface area contributed by atoms with E-state index in [0.717, 1.165) is 74.5 Å². The number of para-hydroxylation sites is 2. The molecule has 5 aromatic rings. The topological polar surface area (TPSA) is 24.3 Å². The zero-order valence-electron chi connectivity index (χ0n) is 21.2. The smallest absolute Gasteiger partial charge is 0.206 e. The largest absolute Gasteiger partial charge is 0.342 e. The molecule has 0 unspecified atom stereocenters. The molecule has 0 spiro atoms. The Morgan fingerprint density at radius 1 is 0.703 bits per heavy atom. The molecular formula is C32H33FN4. The van der Waals surface area contributed by atoms with E-state index < -0.39 is 0 Å². The number of hydrogen-bond acceptors (Lipinski definition) is 3. The molecule has 0 amide bonds. The van der Waals surface area contributed by atoms with Gasteiger partial charge < -0.3 is 14.4 Å². The SMILES string of the molecule is Fc1ccc(Cn2c(N3CCCN(CCc4ccc5ccccc5c4)CCC3)nc3ccccc32)cc1. The van der Waals surface area contributed by atoms with Crippen LogP contribution in [0.25, 0.3) is 21.8 Å². The van der Waals surface area contributed by atoms with Crippen LogP contribution in [0.3, 0.4) is 0 Å². The van der Waals surface area contributed by atoms with Gasteiger partial charge in [0.15, 0.2) is 0 Å². The summed E-state index contributed by atoms with van der Waals surface area (Å²) in [6, 6.07) is 30.6. The second kappa shape index (κ2) is 10.7. The van der Waals surface area contributed by atoms with Crippen molar-refractivity contribution in [2.24, 2.45) is 0 Å². The minimum atomic E-state index is -0.201. The van der Waals surface area contributed by atoms with E-state index in [1.165, 1.54) is 28.5 Å². The zero-order valence-corrected chi connectivity index (χ0v) is 21.2. The van der Waals surface area contributed by atoms with Crippen molar-refractivity contribution in [3.05, 3.63) is 108 Å². The summed E-state index contributed by atoms with van der Waals surface area (Å²) in [6.45, 7) is 5.95. The van der Waals surface area contributed by atoms with Crippen LogP contribution in [-0.4, -0.2) is 47.2 Å². The molecule has 4 nitrogen and oxygen atoms in total. The molecule has 2 heterocycles. The number of imidazole rings is 1. The van der Waals surface area contributed by atoms with Crippen molar-refractivity contribution in [3.63, 3.8) is 0 Å². The summed E-state index contributed by atoms with van der Waals surface area (Å²) >= 11 is 0. The van der Waals surface area contributed by atoms with E-state index in [9.17, 15) is 4.39 Å². The van der Waals surface area contributed by atoms with Crippen LogP contribution in [0.4, 0.5) is 10.3 Å². The standard InChI is InChI=1S/C32H33FN4/c33-29-15-12-26(13-16-29)24-37-31-10-4-3-9-30(31)34-32(37)36-20-5-18-35(19-6-21-36)22-17-25-11-14-27-7-1-2-8-28(27)23-25/h1-4,7-16,23H,5-6,17-22,24H2. The molecule has 1 fully saturated rings. The van der Waals surface area contributed by atoms with Crippen molar-refractivity contribution in [1.29, 1.82) is 0 Å². The number of rotatable bonds is 6. The summed E-state index contributed by atoms with van der Waals surface area (Å²) < 4.78 is 15.8. The van der Waals surface area contributed by atoms with Gasteiger partial charge in [0.05, 0.1) is 17.6 Å². The van der Waals surface area contributed by atoms with Gasteiger partial charge in [0.25, 0.3) is 0 Å². The minimum absolute atomic E-state index is 0.201. The zero-order chi connectivity index (χ0) is 25.0. The summed E-state index contributed by atoms with van der Waals surface area (Å²) in [7, 11) is 0. The van der Waals surface area contributed by atoms with Gasteiger partial charge in [-0.05, 0) is 78.5 Å². The highest BCUT2D eigenvalue weighted by Crippen LogP contribution is 2.25. The van der Waals surface area contributed by atoms with Crippen LogP contribution in [0.1, 0.15) is 24.0 Å². The molecule has 188 valence electrons. The van der Waals surface area contributed by atoms with Crippen LogP contribution in [0, 0.1) is 5.82 Å². The summed E-state index contributed by atoms with van der Waals surface area (Å²) in [5, 5.41) is 2.63. The number of hydrogen-bond donors (Lipinski definition) is 0. The molecule has 0 bridgehead atoms. The van der Waals surface area contributed by atoms with Gasteiger partial charge >= 0.3 is 0 Å². The Bertz CT molecular complexity index is 1480. The maximum absolute atomic E-state index is 13.5. The van der Waals surface area contributed by atoms with Crippen molar-refractivity contribution in [1.82, 2.24) is 14.5 Å². The Kier molecular flexibility index (Phi) is 6.87. The number of benzene rings is 4. The maximum atomic E-state index is 13.5. The summed E-state index contributed by atoms with van der Waals surface area (Å²) in [4.78, 5) is 10.1. The van der Waals surface area contributed by atoms with Gasteiger partial charge in [0.1, 0.15) is 5.82 Å². The van der Waals surface area contributed by atoms with Gasteiger partial charge in [-0.1, -0.05) is 66.7 Å². The Labute approximate surface area is 218 Å². The average Bonchev–Trinajstić information content (AvgIpc) is 3.27. The Morgan fingerprint density at radius 3 is 2.22 bits per heavy atom. The molecule has 0 radical (unpaired) electrons. The lowest BCUT2D eigenvalue weighted by Crippen LogP contribution is -2.38. The summed E-state index contributed by atoms with van der Waals surface area (Å²) in [6.07, 6.45) is 3.30. The predicted molar refractivity (Wildman–Crippen MR) is 151 cm³/mol. The fraction of sp³-hybridized carbons (Fsp3) is 0.281.